The number of carbonyl (C=O) groups is 1. The van der Waals surface area contributed by atoms with Crippen LogP contribution in [0.15, 0.2) is 34.9 Å². The van der Waals surface area contributed by atoms with Gasteiger partial charge in [0.25, 0.3) is 0 Å². The molecule has 17 heavy (non-hydrogen) atoms. The lowest BCUT2D eigenvalue weighted by Crippen LogP contribution is -1.96. The summed E-state index contributed by atoms with van der Waals surface area (Å²) in [6, 6.07) is 7.71. The van der Waals surface area contributed by atoms with Crippen LogP contribution in [0, 0.1) is 0 Å². The van der Waals surface area contributed by atoms with Crippen LogP contribution >= 0.6 is 0 Å². The number of carboxylic acids is 1. The van der Waals surface area contributed by atoms with E-state index in [1.165, 1.54) is 12.1 Å². The highest BCUT2D eigenvalue weighted by molar-refractivity contribution is 5.85. The van der Waals surface area contributed by atoms with Crippen molar-refractivity contribution in [2.75, 3.05) is 0 Å². The van der Waals surface area contributed by atoms with Crippen LogP contribution < -0.4 is 4.74 Å². The van der Waals surface area contributed by atoms with Crippen molar-refractivity contribution in [3.05, 3.63) is 41.8 Å². The fraction of sp³-hybridized carbons (Fsp3) is 0.0909. The third-order valence-corrected chi connectivity index (χ3v) is 2.01. The zero-order valence-electron chi connectivity index (χ0n) is 8.66. The highest BCUT2D eigenvalue weighted by atomic mass is 16.5. The minimum absolute atomic E-state index is 0.00213. The molecule has 0 aliphatic rings. The molecular weight excluding hydrogens is 226 g/mol. The van der Waals surface area contributed by atoms with E-state index in [1.54, 1.807) is 18.2 Å². The topological polar surface area (TPSA) is 92.8 Å². The van der Waals surface area contributed by atoms with Crippen molar-refractivity contribution >= 4 is 5.97 Å². The Morgan fingerprint density at radius 3 is 2.82 bits per heavy atom. The maximum absolute atomic E-state index is 10.5. The Bertz CT molecular complexity index is 534. The average Bonchev–Trinajstić information content (AvgIpc) is 2.77. The number of phenols is 1. The lowest BCUT2D eigenvalue weighted by atomic mass is 10.3. The first-order valence-electron chi connectivity index (χ1n) is 4.76. The molecule has 1 aromatic heterocycles. The van der Waals surface area contributed by atoms with Crippen LogP contribution in [0.2, 0.25) is 0 Å². The Morgan fingerprint density at radius 1 is 1.41 bits per heavy atom. The number of ether oxygens (including phenoxy) is 1. The van der Waals surface area contributed by atoms with Gasteiger partial charge in [0.1, 0.15) is 6.61 Å². The maximum Gasteiger partial charge on any atom is 0.358 e. The van der Waals surface area contributed by atoms with Gasteiger partial charge in [0.15, 0.2) is 23.0 Å². The van der Waals surface area contributed by atoms with Crippen LogP contribution in [0.25, 0.3) is 0 Å². The van der Waals surface area contributed by atoms with E-state index in [1.807, 2.05) is 0 Å². The van der Waals surface area contributed by atoms with Gasteiger partial charge in [-0.25, -0.2) is 4.79 Å². The van der Waals surface area contributed by atoms with Gasteiger partial charge < -0.3 is 19.5 Å². The predicted molar refractivity (Wildman–Crippen MR) is 55.9 cm³/mol. The molecule has 2 N–H and O–H groups in total. The van der Waals surface area contributed by atoms with E-state index in [9.17, 15) is 9.90 Å². The fourth-order valence-corrected chi connectivity index (χ4v) is 1.21. The quantitative estimate of drug-likeness (QED) is 0.837. The second-order valence-electron chi connectivity index (χ2n) is 3.24. The number of hydrogen-bond acceptors (Lipinski definition) is 5. The van der Waals surface area contributed by atoms with Crippen LogP contribution in [0.3, 0.4) is 0 Å². The molecule has 0 unspecified atom stereocenters. The zero-order chi connectivity index (χ0) is 12.3. The summed E-state index contributed by atoms with van der Waals surface area (Å²) in [5.74, 6) is -0.598. The third kappa shape index (κ3) is 2.54. The van der Waals surface area contributed by atoms with Gasteiger partial charge in [-0.2, -0.15) is 0 Å². The first-order chi connectivity index (χ1) is 8.16. The number of carboxylic acid groups (broad SMARTS) is 1. The van der Waals surface area contributed by atoms with Gasteiger partial charge in [0, 0.05) is 6.07 Å². The predicted octanol–water partition coefficient (Wildman–Crippen LogP) is 1.66. The SMILES string of the molecule is O=C(O)c1cc(COc2ccccc2O)on1. The van der Waals surface area contributed by atoms with Gasteiger partial charge in [-0.3, -0.25) is 0 Å². The number of para-hydroxylation sites is 2. The van der Waals surface area contributed by atoms with Crippen LogP contribution in [-0.4, -0.2) is 21.3 Å². The van der Waals surface area contributed by atoms with Crippen LogP contribution in [0.5, 0.6) is 11.5 Å². The van der Waals surface area contributed by atoms with Gasteiger partial charge in [0.2, 0.25) is 0 Å². The Hall–Kier alpha value is -2.50. The minimum atomic E-state index is -1.16. The number of phenolic OH excluding ortho intramolecular Hbond substituents is 1. The van der Waals surface area contributed by atoms with Gasteiger partial charge in [0.05, 0.1) is 0 Å². The first kappa shape index (κ1) is 11.0. The van der Waals surface area contributed by atoms with Crippen LogP contribution in [-0.2, 0) is 6.61 Å². The van der Waals surface area contributed by atoms with Crippen LogP contribution in [0.1, 0.15) is 16.2 Å². The number of aromatic nitrogens is 1. The summed E-state index contributed by atoms with van der Waals surface area (Å²) < 4.78 is 9.99. The highest BCUT2D eigenvalue weighted by Gasteiger charge is 2.11. The van der Waals surface area contributed by atoms with Crippen molar-refractivity contribution in [1.82, 2.24) is 5.16 Å². The van der Waals surface area contributed by atoms with E-state index in [0.29, 0.717) is 5.75 Å². The number of rotatable bonds is 4. The van der Waals surface area contributed by atoms with Crippen molar-refractivity contribution in [3.63, 3.8) is 0 Å². The van der Waals surface area contributed by atoms with E-state index in [0.717, 1.165) is 0 Å². The minimum Gasteiger partial charge on any atom is -0.504 e. The molecule has 0 spiro atoms. The molecule has 2 rings (SSSR count). The summed E-state index contributed by atoms with van der Waals surface area (Å²) >= 11 is 0. The highest BCUT2D eigenvalue weighted by Crippen LogP contribution is 2.25. The fourth-order valence-electron chi connectivity index (χ4n) is 1.21. The molecule has 0 aliphatic heterocycles. The van der Waals surface area contributed by atoms with Crippen molar-refractivity contribution in [2.24, 2.45) is 0 Å². The summed E-state index contributed by atoms with van der Waals surface area (Å²) in [6.07, 6.45) is 0. The van der Waals surface area contributed by atoms with E-state index in [4.69, 9.17) is 14.4 Å². The van der Waals surface area contributed by atoms with Gasteiger partial charge in [-0.05, 0) is 12.1 Å². The number of benzene rings is 1. The normalized spacial score (nSPS) is 10.1. The molecule has 1 aromatic carbocycles. The first-order valence-corrected chi connectivity index (χ1v) is 4.76. The molecule has 0 bridgehead atoms. The average molecular weight is 235 g/mol. The lowest BCUT2D eigenvalue weighted by molar-refractivity contribution is 0.0685. The van der Waals surface area contributed by atoms with Crippen LogP contribution in [0.4, 0.5) is 0 Å². The number of nitrogens with zero attached hydrogens (tertiary/aromatic N) is 1. The van der Waals surface area contributed by atoms with Crippen molar-refractivity contribution in [2.45, 2.75) is 6.61 Å². The molecule has 0 radical (unpaired) electrons. The monoisotopic (exact) mass is 235 g/mol. The summed E-state index contributed by atoms with van der Waals surface area (Å²) in [7, 11) is 0. The zero-order valence-corrected chi connectivity index (χ0v) is 8.66. The smallest absolute Gasteiger partial charge is 0.358 e. The summed E-state index contributed by atoms with van der Waals surface area (Å²) in [4.78, 5) is 10.5. The molecule has 0 atom stereocenters. The second-order valence-corrected chi connectivity index (χ2v) is 3.24. The molecule has 0 aliphatic carbocycles. The van der Waals surface area contributed by atoms with Gasteiger partial charge in [-0.1, -0.05) is 17.3 Å². The Kier molecular flexibility index (Phi) is 2.95. The molecule has 0 fully saturated rings. The number of aromatic carboxylic acids is 1. The summed E-state index contributed by atoms with van der Waals surface area (Å²) in [5.41, 5.74) is -0.180. The largest absolute Gasteiger partial charge is 0.504 e. The Morgan fingerprint density at radius 2 is 2.18 bits per heavy atom. The second kappa shape index (κ2) is 4.56. The van der Waals surface area contributed by atoms with Crippen molar-refractivity contribution in [3.8, 4) is 11.5 Å². The molecule has 0 saturated carbocycles. The summed E-state index contributed by atoms with van der Waals surface area (Å²) in [6.45, 7) is -0.00213. The van der Waals surface area contributed by atoms with E-state index >= 15 is 0 Å². The van der Waals surface area contributed by atoms with Crippen molar-refractivity contribution < 1.29 is 24.3 Å². The maximum atomic E-state index is 10.5. The standard InChI is InChI=1S/C11H9NO5/c13-9-3-1-2-4-10(9)16-6-7-5-8(11(14)15)12-17-7/h1-5,13H,6H2,(H,14,15). The molecule has 6 nitrogen and oxygen atoms in total. The summed E-state index contributed by atoms with van der Waals surface area (Å²) in [5, 5.41) is 21.4. The number of hydrogen-bond donors (Lipinski definition) is 2. The molecule has 2 aromatic rings. The van der Waals surface area contributed by atoms with Gasteiger partial charge >= 0.3 is 5.97 Å². The number of aromatic hydroxyl groups is 1. The molecule has 0 amide bonds. The van der Waals surface area contributed by atoms with Crippen molar-refractivity contribution in [1.29, 1.82) is 0 Å². The molecule has 6 heteroatoms. The Labute approximate surface area is 96.0 Å². The molecule has 0 saturated heterocycles. The van der Waals surface area contributed by atoms with E-state index in [-0.39, 0.29) is 23.8 Å². The lowest BCUT2D eigenvalue weighted by Gasteiger charge is -2.04. The molecule has 88 valence electrons. The Balaban J connectivity index is 2.02. The molecular formula is C11H9NO5. The van der Waals surface area contributed by atoms with Gasteiger partial charge in [-0.15, -0.1) is 0 Å². The molecule has 1 heterocycles. The third-order valence-electron chi connectivity index (χ3n) is 2.01. The van der Waals surface area contributed by atoms with E-state index in [2.05, 4.69) is 5.16 Å². The van der Waals surface area contributed by atoms with E-state index < -0.39 is 5.97 Å².